The maximum absolute atomic E-state index is 9.69. The highest BCUT2D eigenvalue weighted by Gasteiger charge is 2.06. The van der Waals surface area contributed by atoms with Crippen molar-refractivity contribution in [2.24, 2.45) is 0 Å². The van der Waals surface area contributed by atoms with Crippen LogP contribution in [0.15, 0.2) is 60.7 Å². The zero-order valence-corrected chi connectivity index (χ0v) is 10.8. The minimum atomic E-state index is 0.0167. The summed E-state index contributed by atoms with van der Waals surface area (Å²) in [6, 6.07) is 18.3. The topological polar surface area (TPSA) is 49.7 Å². The lowest BCUT2D eigenvalue weighted by Crippen LogP contribution is -1.96. The molecule has 3 heteroatoms. The first-order chi connectivity index (χ1) is 9.74. The van der Waals surface area contributed by atoms with Crippen LogP contribution in [0, 0.1) is 0 Å². The third kappa shape index (κ3) is 2.38. The number of rotatable bonds is 3. The monoisotopic (exact) mass is 266 g/mol. The Bertz CT molecular complexity index is 745. The molecule has 0 saturated carbocycles. The van der Waals surface area contributed by atoms with Gasteiger partial charge in [0.25, 0.3) is 0 Å². The molecule has 0 atom stereocenters. The maximum Gasteiger partial charge on any atom is 0.165 e. The Labute approximate surface area is 116 Å². The molecule has 0 amide bonds. The number of hydrogen-bond donors (Lipinski definition) is 2. The van der Waals surface area contributed by atoms with Gasteiger partial charge < -0.3 is 14.9 Å². The summed E-state index contributed by atoms with van der Waals surface area (Å²) in [5, 5.41) is 21.4. The van der Waals surface area contributed by atoms with Crippen molar-refractivity contribution in [2.45, 2.75) is 6.61 Å². The molecule has 3 rings (SSSR count). The van der Waals surface area contributed by atoms with Gasteiger partial charge in [0.1, 0.15) is 12.4 Å². The zero-order valence-electron chi connectivity index (χ0n) is 10.8. The van der Waals surface area contributed by atoms with Crippen molar-refractivity contribution in [3.8, 4) is 17.2 Å². The average molecular weight is 266 g/mol. The normalized spacial score (nSPS) is 10.6. The van der Waals surface area contributed by atoms with Crippen LogP contribution in [0.25, 0.3) is 10.8 Å². The Kier molecular flexibility index (Phi) is 3.17. The van der Waals surface area contributed by atoms with Crippen LogP contribution >= 0.6 is 0 Å². The van der Waals surface area contributed by atoms with Crippen molar-refractivity contribution < 1.29 is 14.9 Å². The van der Waals surface area contributed by atoms with E-state index >= 15 is 0 Å². The number of phenolic OH excluding ortho intramolecular Hbond substituents is 2. The van der Waals surface area contributed by atoms with Gasteiger partial charge in [-0.15, -0.1) is 0 Å². The van der Waals surface area contributed by atoms with Crippen LogP contribution in [-0.2, 0) is 6.61 Å². The number of fused-ring (bicyclic) bond motifs is 1. The largest absolute Gasteiger partial charge is 0.508 e. The Morgan fingerprint density at radius 2 is 1.65 bits per heavy atom. The molecule has 0 aromatic heterocycles. The van der Waals surface area contributed by atoms with Gasteiger partial charge in [-0.2, -0.15) is 0 Å². The van der Waals surface area contributed by atoms with Gasteiger partial charge in [-0.3, -0.25) is 0 Å². The van der Waals surface area contributed by atoms with Crippen LogP contribution in [0.4, 0.5) is 0 Å². The van der Waals surface area contributed by atoms with E-state index in [2.05, 4.69) is 0 Å². The molecule has 0 bridgehead atoms. The van der Waals surface area contributed by atoms with Gasteiger partial charge in [-0.1, -0.05) is 42.5 Å². The number of phenols is 2. The van der Waals surface area contributed by atoms with Gasteiger partial charge in [0.15, 0.2) is 11.5 Å². The van der Waals surface area contributed by atoms with Crippen LogP contribution in [0.3, 0.4) is 0 Å². The van der Waals surface area contributed by atoms with Crippen LogP contribution in [0.2, 0.25) is 0 Å². The molecule has 3 nitrogen and oxygen atoms in total. The highest BCUT2D eigenvalue weighted by molar-refractivity contribution is 5.85. The summed E-state index contributed by atoms with van der Waals surface area (Å²) >= 11 is 0. The minimum Gasteiger partial charge on any atom is -0.508 e. The van der Waals surface area contributed by atoms with Crippen molar-refractivity contribution in [2.75, 3.05) is 0 Å². The number of ether oxygens (including phenoxy) is 1. The first-order valence-corrected chi connectivity index (χ1v) is 6.35. The lowest BCUT2D eigenvalue weighted by molar-refractivity contribution is 0.288. The molecule has 100 valence electrons. The highest BCUT2D eigenvalue weighted by atomic mass is 16.5. The molecule has 3 aromatic carbocycles. The molecule has 0 radical (unpaired) electrons. The van der Waals surface area contributed by atoms with Crippen LogP contribution in [0.5, 0.6) is 17.2 Å². The van der Waals surface area contributed by atoms with E-state index in [-0.39, 0.29) is 17.2 Å². The molecule has 0 fully saturated rings. The van der Waals surface area contributed by atoms with Crippen molar-refractivity contribution in [3.63, 3.8) is 0 Å². The quantitative estimate of drug-likeness (QED) is 0.708. The van der Waals surface area contributed by atoms with Crippen molar-refractivity contribution in [1.82, 2.24) is 0 Å². The number of aromatic hydroxyl groups is 2. The minimum absolute atomic E-state index is 0.0167. The number of benzene rings is 3. The van der Waals surface area contributed by atoms with E-state index in [9.17, 15) is 10.2 Å². The van der Waals surface area contributed by atoms with Gasteiger partial charge in [-0.25, -0.2) is 0 Å². The summed E-state index contributed by atoms with van der Waals surface area (Å²) in [6.07, 6.45) is 0. The average Bonchev–Trinajstić information content (AvgIpc) is 2.48. The SMILES string of the molecule is Oc1ccc(O)c(OCc2cccc3ccccc23)c1. The molecule has 3 aromatic rings. The first-order valence-electron chi connectivity index (χ1n) is 6.35. The predicted molar refractivity (Wildman–Crippen MR) is 78.1 cm³/mol. The fraction of sp³-hybridized carbons (Fsp3) is 0.0588. The van der Waals surface area contributed by atoms with Gasteiger partial charge in [0, 0.05) is 6.07 Å². The van der Waals surface area contributed by atoms with Gasteiger partial charge in [-0.05, 0) is 28.5 Å². The first kappa shape index (κ1) is 12.4. The standard InChI is InChI=1S/C17H14O3/c18-14-8-9-16(19)17(10-14)20-11-13-6-3-5-12-4-1-2-7-15(12)13/h1-10,18-19H,11H2. The fourth-order valence-corrected chi connectivity index (χ4v) is 2.19. The van der Waals surface area contributed by atoms with Gasteiger partial charge >= 0.3 is 0 Å². The fourth-order valence-electron chi connectivity index (χ4n) is 2.19. The third-order valence-electron chi connectivity index (χ3n) is 3.21. The van der Waals surface area contributed by atoms with Crippen molar-refractivity contribution in [1.29, 1.82) is 0 Å². The molecule has 0 heterocycles. The summed E-state index contributed by atoms with van der Waals surface area (Å²) in [7, 11) is 0. The highest BCUT2D eigenvalue weighted by Crippen LogP contribution is 2.30. The van der Waals surface area contributed by atoms with E-state index in [1.54, 1.807) is 0 Å². The van der Waals surface area contributed by atoms with Gasteiger partial charge in [0.2, 0.25) is 0 Å². The lowest BCUT2D eigenvalue weighted by Gasteiger charge is -2.10. The molecular weight excluding hydrogens is 252 g/mol. The molecule has 0 aliphatic rings. The van der Waals surface area contributed by atoms with Gasteiger partial charge in [0.05, 0.1) is 0 Å². The molecule has 0 aliphatic carbocycles. The lowest BCUT2D eigenvalue weighted by atomic mass is 10.1. The van der Waals surface area contributed by atoms with E-state index in [4.69, 9.17) is 4.74 Å². The van der Waals surface area contributed by atoms with E-state index in [0.717, 1.165) is 16.3 Å². The summed E-state index contributed by atoms with van der Waals surface area (Å²) in [6.45, 7) is 0.332. The van der Waals surface area contributed by atoms with Crippen molar-refractivity contribution in [3.05, 3.63) is 66.2 Å². The molecule has 2 N–H and O–H groups in total. The smallest absolute Gasteiger partial charge is 0.165 e. The summed E-state index contributed by atoms with van der Waals surface area (Å²) in [5.41, 5.74) is 1.03. The van der Waals surface area contributed by atoms with Crippen molar-refractivity contribution >= 4 is 10.8 Å². The van der Waals surface area contributed by atoms with E-state index < -0.39 is 0 Å². The van der Waals surface area contributed by atoms with E-state index in [1.165, 1.54) is 18.2 Å². The predicted octanol–water partition coefficient (Wildman–Crippen LogP) is 3.83. The summed E-state index contributed by atoms with van der Waals surface area (Å²) < 4.78 is 5.60. The second-order valence-corrected chi connectivity index (χ2v) is 4.58. The summed E-state index contributed by atoms with van der Waals surface area (Å²) in [4.78, 5) is 0. The van der Waals surface area contributed by atoms with Crippen LogP contribution < -0.4 is 4.74 Å². The van der Waals surface area contributed by atoms with E-state index in [1.807, 2.05) is 42.5 Å². The second-order valence-electron chi connectivity index (χ2n) is 4.58. The Morgan fingerprint density at radius 3 is 2.55 bits per heavy atom. The Hall–Kier alpha value is -2.68. The molecule has 0 spiro atoms. The molecule has 20 heavy (non-hydrogen) atoms. The maximum atomic E-state index is 9.69. The van der Waals surface area contributed by atoms with E-state index in [0.29, 0.717) is 6.61 Å². The molecular formula is C17H14O3. The zero-order chi connectivity index (χ0) is 13.9. The Morgan fingerprint density at radius 1 is 0.850 bits per heavy atom. The Balaban J connectivity index is 1.89. The summed E-state index contributed by atoms with van der Waals surface area (Å²) in [5.74, 6) is 0.358. The third-order valence-corrected chi connectivity index (χ3v) is 3.21. The van der Waals surface area contributed by atoms with Crippen LogP contribution in [-0.4, -0.2) is 10.2 Å². The molecule has 0 aliphatic heterocycles. The molecule has 0 saturated heterocycles. The number of hydrogen-bond acceptors (Lipinski definition) is 3. The van der Waals surface area contributed by atoms with Crippen LogP contribution in [0.1, 0.15) is 5.56 Å². The molecule has 0 unspecified atom stereocenters. The second kappa shape index (κ2) is 5.13.